The lowest BCUT2D eigenvalue weighted by molar-refractivity contribution is -0.134. The predicted octanol–water partition coefficient (Wildman–Crippen LogP) is 2.05. The number of aromatic nitrogens is 1. The van der Waals surface area contributed by atoms with Crippen molar-refractivity contribution in [3.8, 4) is 0 Å². The van der Waals surface area contributed by atoms with E-state index in [0.717, 1.165) is 42.4 Å². The minimum atomic E-state index is -0.250. The van der Waals surface area contributed by atoms with Crippen LogP contribution in [0.4, 0.5) is 5.69 Å². The van der Waals surface area contributed by atoms with E-state index >= 15 is 0 Å². The van der Waals surface area contributed by atoms with Crippen molar-refractivity contribution in [2.45, 2.75) is 37.6 Å². The fourth-order valence-corrected chi connectivity index (χ4v) is 4.03. The fraction of sp³-hybridized carbons (Fsp3) is 0.474. The van der Waals surface area contributed by atoms with Crippen molar-refractivity contribution in [1.82, 2.24) is 9.88 Å². The normalized spacial score (nSPS) is 21.6. The molecule has 3 N–H and O–H groups in total. The third-order valence-corrected chi connectivity index (χ3v) is 5.52. The summed E-state index contributed by atoms with van der Waals surface area (Å²) >= 11 is 0. The van der Waals surface area contributed by atoms with Gasteiger partial charge in [-0.1, -0.05) is 6.07 Å². The van der Waals surface area contributed by atoms with Gasteiger partial charge in [0.1, 0.15) is 0 Å². The van der Waals surface area contributed by atoms with Gasteiger partial charge in [-0.15, -0.1) is 12.4 Å². The molecule has 26 heavy (non-hydrogen) atoms. The van der Waals surface area contributed by atoms with E-state index in [1.165, 1.54) is 5.69 Å². The molecule has 2 saturated heterocycles. The van der Waals surface area contributed by atoms with E-state index in [2.05, 4.69) is 33.0 Å². The molecule has 1 atom stereocenters. The molecule has 0 aliphatic carbocycles. The van der Waals surface area contributed by atoms with E-state index in [4.69, 9.17) is 5.73 Å². The van der Waals surface area contributed by atoms with Crippen LogP contribution in [0.1, 0.15) is 37.2 Å². The van der Waals surface area contributed by atoms with Gasteiger partial charge < -0.3 is 15.2 Å². The largest absolute Gasteiger partial charge is 0.371 e. The SMILES string of the molecule is Cl.Cn1cc(C2CCC(=O)NC2=O)c2ccc(N3CCC(N)CC3)cc21. The second-order valence-electron chi connectivity index (χ2n) is 7.22. The maximum absolute atomic E-state index is 12.2. The first-order chi connectivity index (χ1) is 12.0. The number of nitrogens with zero attached hydrogens (tertiary/aromatic N) is 2. The molecule has 2 aliphatic rings. The van der Waals surface area contributed by atoms with Crippen molar-refractivity contribution in [3.63, 3.8) is 0 Å². The smallest absolute Gasteiger partial charge is 0.234 e. The van der Waals surface area contributed by atoms with Crippen molar-refractivity contribution in [2.24, 2.45) is 12.8 Å². The molecule has 0 spiro atoms. The molecule has 4 rings (SSSR count). The van der Waals surface area contributed by atoms with Crippen LogP contribution in [0.25, 0.3) is 10.9 Å². The molecule has 1 aromatic carbocycles. The zero-order chi connectivity index (χ0) is 17.6. The number of benzene rings is 1. The first-order valence-corrected chi connectivity index (χ1v) is 8.96. The van der Waals surface area contributed by atoms with Gasteiger partial charge in [-0.05, 0) is 37.0 Å². The van der Waals surface area contributed by atoms with E-state index in [-0.39, 0.29) is 30.1 Å². The van der Waals surface area contributed by atoms with Crippen LogP contribution < -0.4 is 16.0 Å². The Labute approximate surface area is 159 Å². The van der Waals surface area contributed by atoms with Gasteiger partial charge in [-0.3, -0.25) is 14.9 Å². The number of anilines is 1. The number of hydrogen-bond donors (Lipinski definition) is 2. The maximum Gasteiger partial charge on any atom is 0.234 e. The van der Waals surface area contributed by atoms with E-state index in [9.17, 15) is 9.59 Å². The number of nitrogens with two attached hydrogens (primary N) is 1. The van der Waals surface area contributed by atoms with Crippen LogP contribution in [0.2, 0.25) is 0 Å². The second kappa shape index (κ2) is 7.29. The van der Waals surface area contributed by atoms with Crippen molar-refractivity contribution in [1.29, 1.82) is 0 Å². The Morgan fingerprint density at radius 1 is 1.15 bits per heavy atom. The number of fused-ring (bicyclic) bond motifs is 1. The third-order valence-electron chi connectivity index (χ3n) is 5.52. The van der Waals surface area contributed by atoms with Crippen LogP contribution in [-0.2, 0) is 16.6 Å². The van der Waals surface area contributed by atoms with Gasteiger partial charge in [0, 0.05) is 49.9 Å². The van der Waals surface area contributed by atoms with Gasteiger partial charge in [0.25, 0.3) is 0 Å². The summed E-state index contributed by atoms with van der Waals surface area (Å²) in [5.74, 6) is -0.606. The Kier molecular flexibility index (Phi) is 5.25. The molecule has 3 heterocycles. The number of aryl methyl sites for hydroxylation is 1. The van der Waals surface area contributed by atoms with Gasteiger partial charge in [0.15, 0.2) is 0 Å². The summed E-state index contributed by atoms with van der Waals surface area (Å²) in [6, 6.07) is 6.75. The third kappa shape index (κ3) is 3.31. The number of carbonyl (C=O) groups excluding carboxylic acids is 2. The van der Waals surface area contributed by atoms with E-state index < -0.39 is 0 Å². The lowest BCUT2D eigenvalue weighted by Gasteiger charge is -2.32. The Hall–Kier alpha value is -2.05. The quantitative estimate of drug-likeness (QED) is 0.786. The lowest BCUT2D eigenvalue weighted by atomic mass is 9.90. The number of amides is 2. The number of carbonyl (C=O) groups is 2. The molecule has 1 aromatic heterocycles. The number of halogens is 1. The number of imide groups is 1. The predicted molar refractivity (Wildman–Crippen MR) is 105 cm³/mol. The maximum atomic E-state index is 12.2. The zero-order valence-electron chi connectivity index (χ0n) is 14.9. The summed E-state index contributed by atoms with van der Waals surface area (Å²) in [5.41, 5.74) is 9.34. The Balaban J connectivity index is 0.00000196. The average Bonchev–Trinajstić information content (AvgIpc) is 2.92. The van der Waals surface area contributed by atoms with Gasteiger partial charge in [-0.25, -0.2) is 0 Å². The minimum absolute atomic E-state index is 0. The molecule has 2 aliphatic heterocycles. The fourth-order valence-electron chi connectivity index (χ4n) is 4.03. The van der Waals surface area contributed by atoms with Gasteiger partial charge in [-0.2, -0.15) is 0 Å². The Morgan fingerprint density at radius 2 is 1.88 bits per heavy atom. The van der Waals surface area contributed by atoms with E-state index in [1.807, 2.05) is 13.2 Å². The highest BCUT2D eigenvalue weighted by Gasteiger charge is 2.30. The van der Waals surface area contributed by atoms with Crippen molar-refractivity contribution >= 4 is 40.8 Å². The molecule has 1 unspecified atom stereocenters. The first kappa shape index (κ1) is 18.7. The molecule has 0 radical (unpaired) electrons. The molecule has 6 nitrogen and oxygen atoms in total. The minimum Gasteiger partial charge on any atom is -0.371 e. The molecule has 0 saturated carbocycles. The highest BCUT2D eigenvalue weighted by molar-refractivity contribution is 6.03. The van der Waals surface area contributed by atoms with Crippen LogP contribution in [0.5, 0.6) is 0 Å². The summed E-state index contributed by atoms with van der Waals surface area (Å²) in [6.07, 6.45) is 5.05. The number of rotatable bonds is 2. The second-order valence-corrected chi connectivity index (χ2v) is 7.22. The average molecular weight is 377 g/mol. The van der Waals surface area contributed by atoms with Crippen molar-refractivity contribution < 1.29 is 9.59 Å². The summed E-state index contributed by atoms with van der Waals surface area (Å²) < 4.78 is 2.08. The van der Waals surface area contributed by atoms with Crippen LogP contribution in [0, 0.1) is 0 Å². The summed E-state index contributed by atoms with van der Waals surface area (Å²) in [6.45, 7) is 1.97. The summed E-state index contributed by atoms with van der Waals surface area (Å²) in [4.78, 5) is 26.0. The van der Waals surface area contributed by atoms with Crippen molar-refractivity contribution in [3.05, 3.63) is 30.0 Å². The molecular formula is C19H25ClN4O2. The monoisotopic (exact) mass is 376 g/mol. The van der Waals surface area contributed by atoms with Crippen molar-refractivity contribution in [2.75, 3.05) is 18.0 Å². The topological polar surface area (TPSA) is 80.4 Å². The summed E-state index contributed by atoms with van der Waals surface area (Å²) in [5, 5.41) is 3.55. The zero-order valence-corrected chi connectivity index (χ0v) is 15.7. The van der Waals surface area contributed by atoms with E-state index in [0.29, 0.717) is 18.9 Å². The number of hydrogen-bond acceptors (Lipinski definition) is 4. The van der Waals surface area contributed by atoms with Gasteiger partial charge in [0.05, 0.1) is 11.4 Å². The van der Waals surface area contributed by atoms with Crippen LogP contribution in [-0.4, -0.2) is 35.5 Å². The lowest BCUT2D eigenvalue weighted by Crippen LogP contribution is -2.39. The highest BCUT2D eigenvalue weighted by Crippen LogP contribution is 2.34. The first-order valence-electron chi connectivity index (χ1n) is 8.96. The Bertz CT molecular complexity index is 839. The molecule has 2 amide bonds. The van der Waals surface area contributed by atoms with Gasteiger partial charge in [0.2, 0.25) is 11.8 Å². The van der Waals surface area contributed by atoms with Crippen LogP contribution in [0.15, 0.2) is 24.4 Å². The molecular weight excluding hydrogens is 352 g/mol. The highest BCUT2D eigenvalue weighted by atomic mass is 35.5. The Morgan fingerprint density at radius 3 is 2.58 bits per heavy atom. The molecule has 7 heteroatoms. The van der Waals surface area contributed by atoms with E-state index in [1.54, 1.807) is 0 Å². The molecule has 140 valence electrons. The standard InChI is InChI=1S/C19H24N4O2.ClH/c1-22-11-16(15-4-5-18(24)21-19(15)25)14-3-2-13(10-17(14)22)23-8-6-12(20)7-9-23;/h2-3,10-12,15H,4-9,20H2,1H3,(H,21,24,25);1H. The van der Waals surface area contributed by atoms with Gasteiger partial charge >= 0.3 is 0 Å². The molecule has 2 fully saturated rings. The molecule has 2 aromatic rings. The number of piperidine rings is 2. The van der Waals surface area contributed by atoms with Crippen LogP contribution >= 0.6 is 12.4 Å². The summed E-state index contributed by atoms with van der Waals surface area (Å²) in [7, 11) is 2.01. The molecule has 0 bridgehead atoms. The number of nitrogens with one attached hydrogen (secondary N) is 1. The van der Waals surface area contributed by atoms with Crippen LogP contribution in [0.3, 0.4) is 0 Å².